The fourth-order valence-corrected chi connectivity index (χ4v) is 6.38. The minimum atomic E-state index is -1.53. The van der Waals surface area contributed by atoms with Gasteiger partial charge < -0.3 is 15.3 Å². The number of halogens is 1. The average molecular weight is 639 g/mol. The summed E-state index contributed by atoms with van der Waals surface area (Å²) < 4.78 is 33.6. The fourth-order valence-electron chi connectivity index (χ4n) is 5.42. The molecule has 3 aromatic carbocycles. The summed E-state index contributed by atoms with van der Waals surface area (Å²) in [6, 6.07) is 22.8. The van der Waals surface area contributed by atoms with Gasteiger partial charge in [0.1, 0.15) is 21.8 Å². The van der Waals surface area contributed by atoms with Gasteiger partial charge in [-0.2, -0.15) is 10.4 Å². The summed E-state index contributed by atoms with van der Waals surface area (Å²) in [5.74, 6) is -0.642. The molecular formula is C36H39FN6O2S. The number of aryl methyl sites for hydroxylation is 1. The van der Waals surface area contributed by atoms with Crippen LogP contribution < -0.4 is 10.0 Å². The van der Waals surface area contributed by atoms with Crippen molar-refractivity contribution >= 4 is 28.7 Å². The van der Waals surface area contributed by atoms with Crippen LogP contribution in [0.25, 0.3) is 5.69 Å². The normalized spacial score (nSPS) is 15.1. The molecular weight excluding hydrogens is 600 g/mol. The predicted molar refractivity (Wildman–Crippen MR) is 180 cm³/mol. The Labute approximate surface area is 272 Å². The molecule has 1 unspecified atom stereocenters. The van der Waals surface area contributed by atoms with Gasteiger partial charge in [-0.3, -0.25) is 4.79 Å². The van der Waals surface area contributed by atoms with E-state index in [4.69, 9.17) is 5.41 Å². The van der Waals surface area contributed by atoms with E-state index in [1.807, 2.05) is 32.9 Å². The zero-order valence-electron chi connectivity index (χ0n) is 26.8. The van der Waals surface area contributed by atoms with Crippen molar-refractivity contribution in [3.63, 3.8) is 0 Å². The number of nitriles is 1. The molecule has 1 aromatic heterocycles. The second kappa shape index (κ2) is 13.2. The van der Waals surface area contributed by atoms with E-state index in [9.17, 15) is 14.6 Å². The lowest BCUT2D eigenvalue weighted by molar-refractivity contribution is 0.101. The van der Waals surface area contributed by atoms with Crippen molar-refractivity contribution in [3.05, 3.63) is 112 Å². The minimum Gasteiger partial charge on any atom is -0.598 e. The molecule has 1 aliphatic rings. The van der Waals surface area contributed by atoms with Crippen molar-refractivity contribution in [1.29, 1.82) is 10.7 Å². The van der Waals surface area contributed by atoms with Gasteiger partial charge in [-0.1, -0.05) is 43.2 Å². The Bertz CT molecular complexity index is 1820. The quantitative estimate of drug-likeness (QED) is 0.117. The molecule has 2 atom stereocenters. The molecule has 1 amide bonds. The van der Waals surface area contributed by atoms with E-state index < -0.39 is 33.4 Å². The average Bonchev–Trinajstić information content (AvgIpc) is 3.78. The third-order valence-corrected chi connectivity index (χ3v) is 9.87. The van der Waals surface area contributed by atoms with Gasteiger partial charge in [0, 0.05) is 17.1 Å². The van der Waals surface area contributed by atoms with E-state index >= 15 is 4.39 Å². The van der Waals surface area contributed by atoms with Crippen LogP contribution in [0, 0.1) is 35.4 Å². The molecule has 0 spiro atoms. The van der Waals surface area contributed by atoms with Crippen LogP contribution in [0.3, 0.4) is 0 Å². The van der Waals surface area contributed by atoms with E-state index in [0.29, 0.717) is 46.1 Å². The number of nitrogens with one attached hydrogen (secondary N) is 3. The van der Waals surface area contributed by atoms with Crippen molar-refractivity contribution in [2.24, 2.45) is 5.92 Å². The maximum atomic E-state index is 15.5. The van der Waals surface area contributed by atoms with Gasteiger partial charge in [-0.05, 0) is 113 Å². The standard InChI is InChI=1S/C36H39FN6O2S/c1-23-18-33(43(41-23)30-11-7-9-27(20-30)24(2)39)34(44)40-32-21-29(14-15-31(32)37)36(17-16-25-12-13-25,42-46(45)35(3,4)5)28-10-6-8-26(19-28)22-38/h6-11,14-15,18-21,25,39,42H,12-13,16-17H2,1-5H3,(H,40,44)/t36?,46-/m1/s1. The van der Waals surface area contributed by atoms with Gasteiger partial charge in [-0.15, -0.1) is 4.72 Å². The highest BCUT2D eigenvalue weighted by atomic mass is 32.2. The first kappa shape index (κ1) is 33.1. The molecule has 3 N–H and O–H groups in total. The number of carbonyl (C=O) groups is 1. The van der Waals surface area contributed by atoms with Crippen molar-refractivity contribution < 1.29 is 13.7 Å². The summed E-state index contributed by atoms with van der Waals surface area (Å²) in [4.78, 5) is 13.8. The van der Waals surface area contributed by atoms with E-state index in [0.717, 1.165) is 24.8 Å². The Morgan fingerprint density at radius 1 is 1.11 bits per heavy atom. The fraction of sp³-hybridized carbons (Fsp3) is 0.333. The lowest BCUT2D eigenvalue weighted by Crippen LogP contribution is -2.52. The number of nitrogens with zero attached hydrogens (tertiary/aromatic N) is 3. The summed E-state index contributed by atoms with van der Waals surface area (Å²) in [5, 5.41) is 25.0. The Kier molecular flexibility index (Phi) is 9.49. The van der Waals surface area contributed by atoms with Gasteiger partial charge in [0.2, 0.25) is 0 Å². The Morgan fingerprint density at radius 3 is 2.50 bits per heavy atom. The highest BCUT2D eigenvalue weighted by Crippen LogP contribution is 2.43. The molecule has 1 saturated carbocycles. The maximum Gasteiger partial charge on any atom is 0.274 e. The molecule has 1 fully saturated rings. The number of hydrogen-bond acceptors (Lipinski definition) is 6. The lowest BCUT2D eigenvalue weighted by atomic mass is 9.79. The molecule has 46 heavy (non-hydrogen) atoms. The Hall–Kier alpha value is -4.30. The van der Waals surface area contributed by atoms with E-state index in [-0.39, 0.29) is 11.4 Å². The van der Waals surface area contributed by atoms with Gasteiger partial charge >= 0.3 is 0 Å². The van der Waals surface area contributed by atoms with Crippen LogP contribution in [-0.2, 0) is 16.9 Å². The summed E-state index contributed by atoms with van der Waals surface area (Å²) in [5.41, 5.74) is 3.22. The topological polar surface area (TPSA) is 130 Å². The molecule has 238 valence electrons. The van der Waals surface area contributed by atoms with Crippen LogP contribution in [0.4, 0.5) is 10.1 Å². The molecule has 1 heterocycles. The van der Waals surface area contributed by atoms with Crippen LogP contribution in [0.15, 0.2) is 72.8 Å². The SMILES string of the molecule is CC(=N)c1cccc(-n2nc(C)cc2C(=O)Nc2cc(C(CCC3CC3)(N[S@+]([O-])C(C)(C)C)c3cccc(C#N)c3)ccc2F)c1. The third kappa shape index (κ3) is 7.23. The van der Waals surface area contributed by atoms with Crippen LogP contribution in [0.5, 0.6) is 0 Å². The first-order valence-corrected chi connectivity index (χ1v) is 16.5. The lowest BCUT2D eigenvalue weighted by Gasteiger charge is -2.39. The van der Waals surface area contributed by atoms with Gasteiger partial charge in [0.15, 0.2) is 0 Å². The number of rotatable bonds is 11. The highest BCUT2D eigenvalue weighted by molar-refractivity contribution is 7.90. The van der Waals surface area contributed by atoms with Crippen LogP contribution in [0.1, 0.15) is 91.8 Å². The smallest absolute Gasteiger partial charge is 0.274 e. The summed E-state index contributed by atoms with van der Waals surface area (Å²) >= 11 is -1.53. The molecule has 1 aliphatic carbocycles. The summed E-state index contributed by atoms with van der Waals surface area (Å²) in [6.07, 6.45) is 3.65. The Balaban J connectivity index is 1.58. The van der Waals surface area contributed by atoms with Crippen molar-refractivity contribution in [3.8, 4) is 11.8 Å². The molecule has 8 nitrogen and oxygen atoms in total. The zero-order chi connectivity index (χ0) is 33.2. The second-order valence-corrected chi connectivity index (χ2v) is 14.9. The van der Waals surface area contributed by atoms with Crippen molar-refractivity contribution in [1.82, 2.24) is 14.5 Å². The monoisotopic (exact) mass is 638 g/mol. The first-order valence-electron chi connectivity index (χ1n) is 15.3. The summed E-state index contributed by atoms with van der Waals surface area (Å²) in [6.45, 7) is 9.10. The number of anilines is 1. The van der Waals surface area contributed by atoms with Gasteiger partial charge in [-0.25, -0.2) is 9.07 Å². The van der Waals surface area contributed by atoms with Crippen LogP contribution >= 0.6 is 0 Å². The number of benzene rings is 3. The molecule has 10 heteroatoms. The van der Waals surface area contributed by atoms with E-state index in [1.54, 1.807) is 68.4 Å². The number of hydrogen-bond donors (Lipinski definition) is 3. The highest BCUT2D eigenvalue weighted by Gasteiger charge is 2.43. The van der Waals surface area contributed by atoms with E-state index in [2.05, 4.69) is 21.2 Å². The second-order valence-electron chi connectivity index (χ2n) is 13.0. The molecule has 0 aliphatic heterocycles. The number of aromatic nitrogens is 2. The molecule has 0 radical (unpaired) electrons. The van der Waals surface area contributed by atoms with Crippen LogP contribution in [-0.4, -0.2) is 30.7 Å². The summed E-state index contributed by atoms with van der Waals surface area (Å²) in [7, 11) is 0. The third-order valence-electron chi connectivity index (χ3n) is 8.23. The van der Waals surface area contributed by atoms with Crippen molar-refractivity contribution in [2.75, 3.05) is 5.32 Å². The van der Waals surface area contributed by atoms with Crippen LogP contribution in [0.2, 0.25) is 0 Å². The van der Waals surface area contributed by atoms with Gasteiger partial charge in [0.25, 0.3) is 5.91 Å². The molecule has 5 rings (SSSR count). The van der Waals surface area contributed by atoms with E-state index in [1.165, 1.54) is 10.7 Å². The number of amides is 1. The molecule has 0 saturated heterocycles. The zero-order valence-corrected chi connectivity index (χ0v) is 27.6. The first-order chi connectivity index (χ1) is 21.8. The largest absolute Gasteiger partial charge is 0.598 e. The molecule has 0 bridgehead atoms. The molecule has 4 aromatic rings. The predicted octanol–water partition coefficient (Wildman–Crippen LogP) is 7.32. The minimum absolute atomic E-state index is 0.0347. The van der Waals surface area contributed by atoms with Crippen molar-refractivity contribution in [2.45, 2.75) is 70.6 Å². The van der Waals surface area contributed by atoms with Gasteiger partial charge in [0.05, 0.1) is 28.7 Å². The number of carbonyl (C=O) groups excluding carboxylic acids is 1. The maximum absolute atomic E-state index is 15.5. The Morgan fingerprint density at radius 2 is 1.83 bits per heavy atom.